The molecule has 0 bridgehead atoms. The third-order valence-electron chi connectivity index (χ3n) is 2.69. The number of hydrogen-bond acceptors (Lipinski definition) is 5. The SMILES string of the molecule is COc1cc(N(C)Cc2ccccc2N)ncn1. The maximum atomic E-state index is 5.92. The molecule has 0 amide bonds. The van der Waals surface area contributed by atoms with E-state index in [4.69, 9.17) is 10.5 Å². The number of anilines is 2. The Labute approximate surface area is 106 Å². The maximum absolute atomic E-state index is 5.92. The molecule has 0 aliphatic carbocycles. The molecular formula is C13H16N4O. The van der Waals surface area contributed by atoms with Gasteiger partial charge in [0.2, 0.25) is 5.88 Å². The van der Waals surface area contributed by atoms with Crippen LogP contribution in [0.3, 0.4) is 0 Å². The summed E-state index contributed by atoms with van der Waals surface area (Å²) >= 11 is 0. The van der Waals surface area contributed by atoms with Gasteiger partial charge in [-0.05, 0) is 11.6 Å². The lowest BCUT2D eigenvalue weighted by molar-refractivity contribution is 0.397. The molecule has 1 aromatic carbocycles. The Kier molecular flexibility index (Phi) is 3.62. The van der Waals surface area contributed by atoms with Crippen molar-refractivity contribution < 1.29 is 4.74 Å². The number of methoxy groups -OCH3 is 1. The van der Waals surface area contributed by atoms with E-state index in [-0.39, 0.29) is 0 Å². The molecule has 94 valence electrons. The van der Waals surface area contributed by atoms with Crippen molar-refractivity contribution in [1.29, 1.82) is 0 Å². The first-order valence-corrected chi connectivity index (χ1v) is 5.61. The van der Waals surface area contributed by atoms with Crippen molar-refractivity contribution in [3.05, 3.63) is 42.2 Å². The van der Waals surface area contributed by atoms with Crippen molar-refractivity contribution in [2.45, 2.75) is 6.54 Å². The minimum absolute atomic E-state index is 0.549. The number of aromatic nitrogens is 2. The molecule has 0 saturated heterocycles. The maximum Gasteiger partial charge on any atom is 0.218 e. The van der Waals surface area contributed by atoms with Gasteiger partial charge in [0.25, 0.3) is 0 Å². The van der Waals surface area contributed by atoms with Gasteiger partial charge in [0.1, 0.15) is 12.1 Å². The van der Waals surface area contributed by atoms with Crippen molar-refractivity contribution in [2.75, 3.05) is 24.8 Å². The van der Waals surface area contributed by atoms with Crippen LogP contribution in [0.15, 0.2) is 36.7 Å². The van der Waals surface area contributed by atoms with Crippen LogP contribution in [0.2, 0.25) is 0 Å². The second kappa shape index (κ2) is 5.35. The average Bonchev–Trinajstić information content (AvgIpc) is 2.41. The zero-order valence-corrected chi connectivity index (χ0v) is 10.5. The molecule has 0 radical (unpaired) electrons. The lowest BCUT2D eigenvalue weighted by Crippen LogP contribution is -2.18. The highest BCUT2D eigenvalue weighted by Crippen LogP contribution is 2.18. The second-order valence-corrected chi connectivity index (χ2v) is 3.97. The number of nitrogens with zero attached hydrogens (tertiary/aromatic N) is 3. The van der Waals surface area contributed by atoms with E-state index in [0.29, 0.717) is 12.4 Å². The topological polar surface area (TPSA) is 64.3 Å². The van der Waals surface area contributed by atoms with Gasteiger partial charge < -0.3 is 15.4 Å². The highest BCUT2D eigenvalue weighted by molar-refractivity contribution is 5.49. The molecule has 5 nitrogen and oxygen atoms in total. The zero-order chi connectivity index (χ0) is 13.0. The van der Waals surface area contributed by atoms with Crippen LogP contribution < -0.4 is 15.4 Å². The van der Waals surface area contributed by atoms with Gasteiger partial charge in [-0.15, -0.1) is 0 Å². The van der Waals surface area contributed by atoms with Gasteiger partial charge in [-0.2, -0.15) is 0 Å². The number of nitrogens with two attached hydrogens (primary N) is 1. The summed E-state index contributed by atoms with van der Waals surface area (Å²) in [5.41, 5.74) is 7.77. The lowest BCUT2D eigenvalue weighted by atomic mass is 10.2. The fourth-order valence-electron chi connectivity index (χ4n) is 1.66. The van der Waals surface area contributed by atoms with Crippen LogP contribution in [0.1, 0.15) is 5.56 Å². The fourth-order valence-corrected chi connectivity index (χ4v) is 1.66. The van der Waals surface area contributed by atoms with Gasteiger partial charge in [-0.3, -0.25) is 0 Å². The van der Waals surface area contributed by atoms with E-state index < -0.39 is 0 Å². The Balaban J connectivity index is 2.16. The standard InChI is InChI=1S/C13H16N4O/c1-17(8-10-5-3-4-6-11(10)14)12-7-13(18-2)16-9-15-12/h3-7,9H,8,14H2,1-2H3. The Morgan fingerprint density at radius 3 is 2.78 bits per heavy atom. The van der Waals surface area contributed by atoms with E-state index in [2.05, 4.69) is 9.97 Å². The number of para-hydroxylation sites is 1. The molecule has 2 rings (SSSR count). The smallest absolute Gasteiger partial charge is 0.218 e. The molecule has 5 heteroatoms. The van der Waals surface area contributed by atoms with Crippen LogP contribution in [-0.2, 0) is 6.54 Å². The summed E-state index contributed by atoms with van der Waals surface area (Å²) in [6, 6.07) is 9.58. The summed E-state index contributed by atoms with van der Waals surface area (Å²) in [4.78, 5) is 10.2. The molecule has 0 fully saturated rings. The molecule has 2 N–H and O–H groups in total. The number of ether oxygens (including phenoxy) is 1. The highest BCUT2D eigenvalue weighted by Gasteiger charge is 2.07. The van der Waals surface area contributed by atoms with Gasteiger partial charge in [-0.25, -0.2) is 9.97 Å². The molecule has 0 aliphatic rings. The van der Waals surface area contributed by atoms with Gasteiger partial charge in [0.15, 0.2) is 0 Å². The second-order valence-electron chi connectivity index (χ2n) is 3.97. The van der Waals surface area contributed by atoms with E-state index in [9.17, 15) is 0 Å². The third kappa shape index (κ3) is 2.68. The number of rotatable bonds is 4. The highest BCUT2D eigenvalue weighted by atomic mass is 16.5. The lowest BCUT2D eigenvalue weighted by Gasteiger charge is -2.19. The summed E-state index contributed by atoms with van der Waals surface area (Å²) in [5.74, 6) is 1.35. The normalized spacial score (nSPS) is 10.1. The Morgan fingerprint density at radius 2 is 2.06 bits per heavy atom. The molecule has 1 aromatic heterocycles. The summed E-state index contributed by atoms with van der Waals surface area (Å²) < 4.78 is 5.08. The molecule has 18 heavy (non-hydrogen) atoms. The van der Waals surface area contributed by atoms with Crippen LogP contribution in [0.25, 0.3) is 0 Å². The Morgan fingerprint density at radius 1 is 1.28 bits per heavy atom. The molecule has 0 aliphatic heterocycles. The van der Waals surface area contributed by atoms with Crippen LogP contribution >= 0.6 is 0 Å². The Bertz CT molecular complexity index is 530. The van der Waals surface area contributed by atoms with Crippen molar-refractivity contribution in [3.63, 3.8) is 0 Å². The van der Waals surface area contributed by atoms with Crippen molar-refractivity contribution >= 4 is 11.5 Å². The molecule has 0 spiro atoms. The molecule has 2 aromatic rings. The van der Waals surface area contributed by atoms with Gasteiger partial charge in [0, 0.05) is 25.3 Å². The van der Waals surface area contributed by atoms with E-state index in [1.54, 1.807) is 13.2 Å². The number of benzene rings is 1. The Hall–Kier alpha value is -2.30. The minimum atomic E-state index is 0.549. The van der Waals surface area contributed by atoms with Crippen molar-refractivity contribution in [2.24, 2.45) is 0 Å². The number of nitrogen functional groups attached to an aromatic ring is 1. The molecular weight excluding hydrogens is 228 g/mol. The number of hydrogen-bond donors (Lipinski definition) is 1. The predicted molar refractivity (Wildman–Crippen MR) is 71.5 cm³/mol. The summed E-state index contributed by atoms with van der Waals surface area (Å²) in [7, 11) is 3.54. The molecule has 1 heterocycles. The first-order chi connectivity index (χ1) is 8.70. The van der Waals surface area contributed by atoms with E-state index in [1.807, 2.05) is 36.2 Å². The van der Waals surface area contributed by atoms with E-state index in [1.165, 1.54) is 6.33 Å². The summed E-state index contributed by atoms with van der Waals surface area (Å²) in [6.07, 6.45) is 1.49. The monoisotopic (exact) mass is 244 g/mol. The fraction of sp³-hybridized carbons (Fsp3) is 0.231. The summed E-state index contributed by atoms with van der Waals surface area (Å²) in [6.45, 7) is 0.687. The molecule has 0 atom stereocenters. The van der Waals surface area contributed by atoms with E-state index >= 15 is 0 Å². The predicted octanol–water partition coefficient (Wildman–Crippen LogP) is 1.70. The first kappa shape index (κ1) is 12.2. The van der Waals surface area contributed by atoms with Gasteiger partial charge >= 0.3 is 0 Å². The van der Waals surface area contributed by atoms with Crippen molar-refractivity contribution in [1.82, 2.24) is 9.97 Å². The largest absolute Gasteiger partial charge is 0.481 e. The average molecular weight is 244 g/mol. The summed E-state index contributed by atoms with van der Waals surface area (Å²) in [5, 5.41) is 0. The molecule has 0 unspecified atom stereocenters. The third-order valence-corrected chi connectivity index (χ3v) is 2.69. The molecule has 0 saturated carbocycles. The van der Waals surface area contributed by atoms with Gasteiger partial charge in [0.05, 0.1) is 7.11 Å². The van der Waals surface area contributed by atoms with Crippen LogP contribution in [0.5, 0.6) is 5.88 Å². The zero-order valence-electron chi connectivity index (χ0n) is 10.5. The first-order valence-electron chi connectivity index (χ1n) is 5.61. The van der Waals surface area contributed by atoms with Crippen LogP contribution in [0.4, 0.5) is 11.5 Å². The van der Waals surface area contributed by atoms with Crippen LogP contribution in [0, 0.1) is 0 Å². The quantitative estimate of drug-likeness (QED) is 0.829. The minimum Gasteiger partial charge on any atom is -0.481 e. The van der Waals surface area contributed by atoms with Gasteiger partial charge in [-0.1, -0.05) is 18.2 Å². The van der Waals surface area contributed by atoms with Crippen LogP contribution in [-0.4, -0.2) is 24.1 Å². The van der Waals surface area contributed by atoms with Crippen molar-refractivity contribution in [3.8, 4) is 5.88 Å². The van der Waals surface area contributed by atoms with E-state index in [0.717, 1.165) is 17.1 Å².